The summed E-state index contributed by atoms with van der Waals surface area (Å²) < 4.78 is 11.7. The Morgan fingerprint density at radius 3 is 1.38 bits per heavy atom. The standard InChI is InChI=1S/C49H97NO5/c1-6-9-12-15-18-21-29-36-45-54-47(52)39-32-25-22-27-34-41-50(43-44-51)42-35-28-26-33-40-49(4,5)48(53)55-46(37-30-23-19-16-13-10-7-2)38-31-24-20-17-14-11-8-3/h46,51H,6-45H2,1-5H3. The van der Waals surface area contributed by atoms with E-state index in [2.05, 4.69) is 39.5 Å². The largest absolute Gasteiger partial charge is 0.466 e. The van der Waals surface area contributed by atoms with Gasteiger partial charge in [-0.3, -0.25) is 9.59 Å². The van der Waals surface area contributed by atoms with Crippen molar-refractivity contribution in [2.45, 2.75) is 265 Å². The number of carbonyl (C=O) groups excluding carboxylic acids is 2. The van der Waals surface area contributed by atoms with Gasteiger partial charge in [-0.1, -0.05) is 181 Å². The lowest BCUT2D eigenvalue weighted by molar-refractivity contribution is -0.161. The summed E-state index contributed by atoms with van der Waals surface area (Å²) in [5.74, 6) is -0.0242. The molecule has 0 aliphatic carbocycles. The first-order chi connectivity index (χ1) is 26.8. The Labute approximate surface area is 343 Å². The molecular weight excluding hydrogens is 683 g/mol. The first kappa shape index (κ1) is 53.9. The number of rotatable bonds is 44. The van der Waals surface area contributed by atoms with Gasteiger partial charge in [0, 0.05) is 13.0 Å². The van der Waals surface area contributed by atoms with Crippen LogP contribution in [-0.4, -0.2) is 60.9 Å². The molecule has 0 saturated heterocycles. The Bertz CT molecular complexity index is 799. The predicted octanol–water partition coefficient (Wildman–Crippen LogP) is 14.5. The van der Waals surface area contributed by atoms with Crippen molar-refractivity contribution in [1.82, 2.24) is 4.90 Å². The van der Waals surface area contributed by atoms with E-state index in [0.29, 0.717) is 13.0 Å². The highest BCUT2D eigenvalue weighted by Crippen LogP contribution is 2.28. The molecule has 0 spiro atoms. The highest BCUT2D eigenvalue weighted by molar-refractivity contribution is 5.76. The second-order valence-corrected chi connectivity index (χ2v) is 17.7. The maximum atomic E-state index is 13.4. The molecule has 328 valence electrons. The molecule has 0 aromatic rings. The van der Waals surface area contributed by atoms with Crippen molar-refractivity contribution in [2.75, 3.05) is 32.8 Å². The van der Waals surface area contributed by atoms with Crippen LogP contribution < -0.4 is 0 Å². The van der Waals surface area contributed by atoms with E-state index < -0.39 is 5.41 Å². The van der Waals surface area contributed by atoms with E-state index >= 15 is 0 Å². The lowest BCUT2D eigenvalue weighted by Gasteiger charge is -2.27. The zero-order valence-corrected chi connectivity index (χ0v) is 37.9. The van der Waals surface area contributed by atoms with E-state index in [0.717, 1.165) is 96.7 Å². The van der Waals surface area contributed by atoms with Gasteiger partial charge >= 0.3 is 11.9 Å². The van der Waals surface area contributed by atoms with Gasteiger partial charge in [0.25, 0.3) is 0 Å². The minimum Gasteiger partial charge on any atom is -0.466 e. The third-order valence-corrected chi connectivity index (χ3v) is 11.6. The van der Waals surface area contributed by atoms with Crippen LogP contribution in [0.3, 0.4) is 0 Å². The molecule has 6 heteroatoms. The van der Waals surface area contributed by atoms with Crippen molar-refractivity contribution in [2.24, 2.45) is 5.41 Å². The molecule has 0 amide bonds. The smallest absolute Gasteiger partial charge is 0.311 e. The highest BCUT2D eigenvalue weighted by Gasteiger charge is 2.30. The van der Waals surface area contributed by atoms with Crippen LogP contribution in [0.5, 0.6) is 0 Å². The van der Waals surface area contributed by atoms with Gasteiger partial charge in [0.1, 0.15) is 6.10 Å². The maximum absolute atomic E-state index is 13.4. The maximum Gasteiger partial charge on any atom is 0.311 e. The molecule has 0 aliphatic rings. The average molecular weight is 780 g/mol. The van der Waals surface area contributed by atoms with E-state index in [1.54, 1.807) is 0 Å². The summed E-state index contributed by atoms with van der Waals surface area (Å²) in [7, 11) is 0. The Morgan fingerprint density at radius 1 is 0.509 bits per heavy atom. The van der Waals surface area contributed by atoms with Crippen LogP contribution in [-0.2, 0) is 19.1 Å². The van der Waals surface area contributed by atoms with E-state index in [9.17, 15) is 14.7 Å². The Balaban J connectivity index is 4.20. The average Bonchev–Trinajstić information content (AvgIpc) is 3.17. The Morgan fingerprint density at radius 2 is 0.909 bits per heavy atom. The zero-order valence-electron chi connectivity index (χ0n) is 37.9. The van der Waals surface area contributed by atoms with Crippen molar-refractivity contribution in [3.8, 4) is 0 Å². The van der Waals surface area contributed by atoms with Crippen LogP contribution in [0.1, 0.15) is 259 Å². The van der Waals surface area contributed by atoms with Crippen LogP contribution >= 0.6 is 0 Å². The molecular formula is C49H97NO5. The normalized spacial score (nSPS) is 11.9. The predicted molar refractivity (Wildman–Crippen MR) is 237 cm³/mol. The summed E-state index contributed by atoms with van der Waals surface area (Å²) >= 11 is 0. The number of hydrogen-bond acceptors (Lipinski definition) is 6. The first-order valence-electron chi connectivity index (χ1n) is 24.5. The third-order valence-electron chi connectivity index (χ3n) is 11.6. The van der Waals surface area contributed by atoms with Crippen molar-refractivity contribution in [1.29, 1.82) is 0 Å². The quantitative estimate of drug-likeness (QED) is 0.0490. The molecule has 0 saturated carbocycles. The van der Waals surface area contributed by atoms with Crippen LogP contribution in [0.4, 0.5) is 0 Å². The second kappa shape index (κ2) is 41.0. The van der Waals surface area contributed by atoms with Crippen LogP contribution in [0.25, 0.3) is 0 Å². The number of esters is 2. The molecule has 0 atom stereocenters. The summed E-state index contributed by atoms with van der Waals surface area (Å²) in [5.41, 5.74) is -0.436. The Kier molecular flexibility index (Phi) is 40.2. The summed E-state index contributed by atoms with van der Waals surface area (Å²) in [6, 6.07) is 0. The SMILES string of the molecule is CCCCCCCCCCOC(=O)CCCCCCCN(CCO)CCCCCCC(C)(C)C(=O)OC(CCCCCCCCC)CCCCCCCCC. The van der Waals surface area contributed by atoms with Gasteiger partial charge in [0.2, 0.25) is 0 Å². The number of hydrogen-bond donors (Lipinski definition) is 1. The monoisotopic (exact) mass is 780 g/mol. The van der Waals surface area contributed by atoms with Gasteiger partial charge in [0.15, 0.2) is 0 Å². The highest BCUT2D eigenvalue weighted by atomic mass is 16.5. The minimum absolute atomic E-state index is 0.00605. The van der Waals surface area contributed by atoms with Crippen LogP contribution in [0.15, 0.2) is 0 Å². The summed E-state index contributed by atoms with van der Waals surface area (Å²) in [5, 5.41) is 9.62. The Hall–Kier alpha value is -1.14. The first-order valence-corrected chi connectivity index (χ1v) is 24.5. The van der Waals surface area contributed by atoms with Gasteiger partial charge < -0.3 is 19.5 Å². The second-order valence-electron chi connectivity index (χ2n) is 17.7. The molecule has 0 aromatic carbocycles. The molecule has 0 radical (unpaired) electrons. The molecule has 0 unspecified atom stereocenters. The fourth-order valence-electron chi connectivity index (χ4n) is 7.70. The lowest BCUT2D eigenvalue weighted by Crippen LogP contribution is -2.31. The molecule has 55 heavy (non-hydrogen) atoms. The topological polar surface area (TPSA) is 76.1 Å². The fraction of sp³-hybridized carbons (Fsp3) is 0.959. The van der Waals surface area contributed by atoms with E-state index in [4.69, 9.17) is 9.47 Å². The summed E-state index contributed by atoms with van der Waals surface area (Å²) in [6.45, 7) is 14.5. The molecule has 0 aliphatic heterocycles. The molecule has 6 nitrogen and oxygen atoms in total. The molecule has 0 aromatic heterocycles. The summed E-state index contributed by atoms with van der Waals surface area (Å²) in [4.78, 5) is 27.9. The zero-order chi connectivity index (χ0) is 40.5. The van der Waals surface area contributed by atoms with Crippen LogP contribution in [0, 0.1) is 5.41 Å². The van der Waals surface area contributed by atoms with Crippen molar-refractivity contribution >= 4 is 11.9 Å². The number of aliphatic hydroxyl groups excluding tert-OH is 1. The van der Waals surface area contributed by atoms with Gasteiger partial charge in [-0.15, -0.1) is 0 Å². The molecule has 1 N–H and O–H groups in total. The molecule has 0 rings (SSSR count). The van der Waals surface area contributed by atoms with E-state index in [-0.39, 0.29) is 24.6 Å². The molecule has 0 bridgehead atoms. The van der Waals surface area contributed by atoms with Crippen LogP contribution in [0.2, 0.25) is 0 Å². The van der Waals surface area contributed by atoms with Crippen molar-refractivity contribution in [3.05, 3.63) is 0 Å². The number of nitrogens with zero attached hydrogens (tertiary/aromatic N) is 1. The third kappa shape index (κ3) is 36.9. The summed E-state index contributed by atoms with van der Waals surface area (Å²) in [6.07, 6.45) is 41.7. The van der Waals surface area contributed by atoms with Gasteiger partial charge in [-0.05, 0) is 84.7 Å². The number of unbranched alkanes of at least 4 members (excludes halogenated alkanes) is 26. The van der Waals surface area contributed by atoms with E-state index in [1.165, 1.54) is 141 Å². The molecule has 0 fully saturated rings. The van der Waals surface area contributed by atoms with Crippen molar-refractivity contribution < 1.29 is 24.2 Å². The van der Waals surface area contributed by atoms with Gasteiger partial charge in [0.05, 0.1) is 18.6 Å². The number of carbonyl (C=O) groups is 2. The number of ether oxygens (including phenoxy) is 2. The van der Waals surface area contributed by atoms with Gasteiger partial charge in [-0.2, -0.15) is 0 Å². The van der Waals surface area contributed by atoms with Crippen molar-refractivity contribution in [3.63, 3.8) is 0 Å². The fourth-order valence-corrected chi connectivity index (χ4v) is 7.70. The van der Waals surface area contributed by atoms with Gasteiger partial charge in [-0.25, -0.2) is 0 Å². The van der Waals surface area contributed by atoms with E-state index in [1.807, 2.05) is 0 Å². The lowest BCUT2D eigenvalue weighted by atomic mass is 9.86. The minimum atomic E-state index is -0.436. The number of aliphatic hydroxyl groups is 1. The molecule has 0 heterocycles.